The highest BCUT2D eigenvalue weighted by Gasteiger charge is 2.36. The molecule has 5 rings (SSSR count). The van der Waals surface area contributed by atoms with Crippen LogP contribution in [0.3, 0.4) is 0 Å². The molecule has 0 aliphatic heterocycles. The molecular formula is C58H50O31. The van der Waals surface area contributed by atoms with E-state index in [0.717, 1.165) is 145 Å². The summed E-state index contributed by atoms with van der Waals surface area (Å²) in [5.41, 5.74) is -1.24. The smallest absolute Gasteiger partial charge is 0.308 e. The molecule has 0 aromatic heterocycles. The summed E-state index contributed by atoms with van der Waals surface area (Å²) < 4.78 is 94.9. The van der Waals surface area contributed by atoms with E-state index in [9.17, 15) is 67.1 Å². The minimum atomic E-state index is -1.21. The Kier molecular flexibility index (Phi) is 22.3. The van der Waals surface area contributed by atoms with Gasteiger partial charge < -0.3 is 80.5 Å². The van der Waals surface area contributed by atoms with Gasteiger partial charge in [-0.2, -0.15) is 0 Å². The van der Waals surface area contributed by atoms with E-state index < -0.39 is 210 Å². The summed E-state index contributed by atoms with van der Waals surface area (Å²) in [6.07, 6.45) is 0. The quantitative estimate of drug-likeness (QED) is 0.0501. The van der Waals surface area contributed by atoms with Crippen molar-refractivity contribution >= 4 is 83.6 Å². The van der Waals surface area contributed by atoms with Crippen molar-refractivity contribution in [1.29, 1.82) is 0 Å². The van der Waals surface area contributed by atoms with Crippen LogP contribution >= 0.6 is 0 Å². The van der Waals surface area contributed by atoms with Gasteiger partial charge in [0.2, 0.25) is 34.5 Å². The average Bonchev–Trinajstić information content (AvgIpc) is 0.787. The van der Waals surface area contributed by atoms with E-state index >= 15 is 0 Å². The zero-order valence-electron chi connectivity index (χ0n) is 49.3. The van der Waals surface area contributed by atoms with E-state index in [2.05, 4.69) is 0 Å². The lowest BCUT2D eigenvalue weighted by molar-refractivity contribution is -0.135. The van der Waals surface area contributed by atoms with E-state index in [-0.39, 0.29) is 0 Å². The van der Waals surface area contributed by atoms with Crippen LogP contribution in [0.1, 0.15) is 96.9 Å². The van der Waals surface area contributed by atoms with Gasteiger partial charge in [0.05, 0.1) is 11.1 Å². The van der Waals surface area contributed by atoms with Crippen LogP contribution in [0.5, 0.6) is 115 Å². The molecule has 0 amide bonds. The second kappa shape index (κ2) is 29.3. The summed E-state index contributed by atoms with van der Waals surface area (Å²) in [6.45, 7) is 12.7. The van der Waals surface area contributed by atoms with Crippen LogP contribution in [0.25, 0.3) is 11.1 Å². The number of esters is 14. The predicted molar refractivity (Wildman–Crippen MR) is 290 cm³/mol. The molecule has 0 spiro atoms. The molecule has 0 bridgehead atoms. The molecule has 0 aliphatic rings. The molecule has 0 aliphatic carbocycles. The van der Waals surface area contributed by atoms with Gasteiger partial charge in [0.15, 0.2) is 46.0 Å². The predicted octanol–water partition coefficient (Wildman–Crippen LogP) is 7.68. The van der Waals surface area contributed by atoms with Crippen LogP contribution < -0.4 is 80.5 Å². The largest absolute Gasteiger partial charge is 0.449 e. The summed E-state index contributed by atoms with van der Waals surface area (Å²) in [7, 11) is 0. The van der Waals surface area contributed by atoms with Crippen LogP contribution in [0.4, 0.5) is 0 Å². The third-order valence-corrected chi connectivity index (χ3v) is 9.75. The first-order valence-electron chi connectivity index (χ1n) is 25.2. The molecule has 89 heavy (non-hydrogen) atoms. The standard InChI is InChI=1S/C58H50O31/c1-23(59)73-37-15-40(74-24(2)60)50(41(16-37)75-25(3)61)51-42(76-26(4)62)21-47(81-31(9)67)54(57(51)85-35(13)71)87-38-19-45(79-29(7)65)53(46(20-38)80-30(8)66)89-49-22-48(82-32(10)68)55(84-34(12)70)58(86-36(14)72)56(49)88-39-17-43(77-27(5)63)52(83-33(11)69)44(18-39)78-28(6)64/h15-22H,1-14H3. The topological polar surface area (TPSA) is 396 Å². The summed E-state index contributed by atoms with van der Waals surface area (Å²) in [5.74, 6) is -30.3. The normalized spacial score (nSPS) is 10.3. The Morgan fingerprint density at radius 3 is 0.764 bits per heavy atom. The van der Waals surface area contributed by atoms with Gasteiger partial charge in [0.1, 0.15) is 34.5 Å². The lowest BCUT2D eigenvalue weighted by Gasteiger charge is -2.24. The molecule has 468 valence electrons. The lowest BCUT2D eigenvalue weighted by atomic mass is 9.99. The number of rotatable bonds is 21. The monoisotopic (exact) mass is 1240 g/mol. The number of hydrogen-bond donors (Lipinski definition) is 0. The Labute approximate surface area is 501 Å². The first kappa shape index (κ1) is 67.9. The second-order valence-corrected chi connectivity index (χ2v) is 17.7. The Morgan fingerprint density at radius 1 is 0.180 bits per heavy atom. The molecule has 0 saturated carbocycles. The molecule has 0 unspecified atom stereocenters. The highest BCUT2D eigenvalue weighted by Crippen LogP contribution is 2.59. The van der Waals surface area contributed by atoms with Crippen LogP contribution in [0.2, 0.25) is 0 Å². The fourth-order valence-electron chi connectivity index (χ4n) is 7.44. The van der Waals surface area contributed by atoms with Crippen molar-refractivity contribution in [1.82, 2.24) is 0 Å². The zero-order valence-corrected chi connectivity index (χ0v) is 49.3. The number of ether oxygens (including phenoxy) is 17. The van der Waals surface area contributed by atoms with Gasteiger partial charge in [-0.05, 0) is 0 Å². The summed E-state index contributed by atoms with van der Waals surface area (Å²) >= 11 is 0. The summed E-state index contributed by atoms with van der Waals surface area (Å²) in [6, 6.07) is 6.88. The Bertz CT molecular complexity index is 3720. The van der Waals surface area contributed by atoms with Crippen molar-refractivity contribution < 1.29 is 148 Å². The van der Waals surface area contributed by atoms with E-state index in [4.69, 9.17) is 80.5 Å². The van der Waals surface area contributed by atoms with Crippen molar-refractivity contribution in [2.24, 2.45) is 0 Å². The number of carbonyl (C=O) groups is 14. The third-order valence-electron chi connectivity index (χ3n) is 9.75. The van der Waals surface area contributed by atoms with Gasteiger partial charge in [-0.15, -0.1) is 0 Å². The number of carbonyl (C=O) groups excluding carboxylic acids is 14. The van der Waals surface area contributed by atoms with Crippen molar-refractivity contribution in [2.45, 2.75) is 96.9 Å². The van der Waals surface area contributed by atoms with Gasteiger partial charge in [-0.1, -0.05) is 0 Å². The molecule has 31 nitrogen and oxygen atoms in total. The second-order valence-electron chi connectivity index (χ2n) is 17.7. The zero-order chi connectivity index (χ0) is 66.5. The van der Waals surface area contributed by atoms with E-state index in [1.165, 1.54) is 0 Å². The van der Waals surface area contributed by atoms with Crippen LogP contribution in [-0.2, 0) is 67.1 Å². The molecule has 0 fully saturated rings. The van der Waals surface area contributed by atoms with Gasteiger partial charge >= 0.3 is 83.6 Å². The highest BCUT2D eigenvalue weighted by atomic mass is 16.6. The van der Waals surface area contributed by atoms with Gasteiger partial charge in [-0.3, -0.25) is 67.1 Å². The van der Waals surface area contributed by atoms with Crippen molar-refractivity contribution in [3.05, 3.63) is 48.5 Å². The Morgan fingerprint density at radius 2 is 0.416 bits per heavy atom. The minimum Gasteiger partial charge on any atom is -0.449 e. The number of hydrogen-bond acceptors (Lipinski definition) is 31. The molecular weight excluding hydrogens is 1190 g/mol. The van der Waals surface area contributed by atoms with Crippen molar-refractivity contribution in [3.8, 4) is 126 Å². The molecule has 5 aromatic carbocycles. The average molecular weight is 1240 g/mol. The molecule has 5 aromatic rings. The molecule has 0 radical (unpaired) electrons. The molecule has 0 N–H and O–H groups in total. The van der Waals surface area contributed by atoms with Crippen LogP contribution in [-0.4, -0.2) is 83.6 Å². The fraction of sp³-hybridized carbons (Fsp3) is 0.241. The van der Waals surface area contributed by atoms with Gasteiger partial charge in [0, 0.05) is 145 Å². The van der Waals surface area contributed by atoms with Gasteiger partial charge in [0.25, 0.3) is 0 Å². The molecule has 0 heterocycles. The highest BCUT2D eigenvalue weighted by molar-refractivity contribution is 5.96. The van der Waals surface area contributed by atoms with Crippen LogP contribution in [0, 0.1) is 0 Å². The van der Waals surface area contributed by atoms with E-state index in [0.29, 0.717) is 0 Å². The molecule has 0 saturated heterocycles. The first-order valence-corrected chi connectivity index (χ1v) is 25.2. The third kappa shape index (κ3) is 19.0. The maximum absolute atomic E-state index is 13.3. The fourth-order valence-corrected chi connectivity index (χ4v) is 7.44. The number of benzene rings is 5. The van der Waals surface area contributed by atoms with Crippen molar-refractivity contribution in [2.75, 3.05) is 0 Å². The Balaban J connectivity index is 2.00. The van der Waals surface area contributed by atoms with E-state index in [1.807, 2.05) is 0 Å². The maximum atomic E-state index is 13.3. The first-order chi connectivity index (χ1) is 41.6. The molecule has 0 atom stereocenters. The molecule has 31 heteroatoms. The van der Waals surface area contributed by atoms with Crippen molar-refractivity contribution in [3.63, 3.8) is 0 Å². The van der Waals surface area contributed by atoms with E-state index in [1.54, 1.807) is 0 Å². The minimum absolute atomic E-state index is 0.399. The summed E-state index contributed by atoms with van der Waals surface area (Å²) in [4.78, 5) is 179. The summed E-state index contributed by atoms with van der Waals surface area (Å²) in [5, 5.41) is 0. The van der Waals surface area contributed by atoms with Crippen LogP contribution in [0.15, 0.2) is 48.5 Å². The maximum Gasteiger partial charge on any atom is 0.308 e. The lowest BCUT2D eigenvalue weighted by Crippen LogP contribution is -2.13. The SMILES string of the molecule is CC(=O)Oc1cc(OC(C)=O)c(-c2c(OC(C)=O)cc(OC(C)=O)c(Oc3cc(OC(C)=O)c(Oc4cc(OC(C)=O)c(OC(C)=O)c(OC(C)=O)c4Oc4cc(OC(C)=O)c(OC(C)=O)c(OC(C)=O)c4)c(OC(C)=O)c3)c2OC(C)=O)c(OC(C)=O)c1. The Hall–Kier alpha value is -11.9. The van der Waals surface area contributed by atoms with Gasteiger partial charge in [-0.25, -0.2) is 0 Å².